The van der Waals surface area contributed by atoms with Gasteiger partial charge in [-0.25, -0.2) is 0 Å². The summed E-state index contributed by atoms with van der Waals surface area (Å²) in [7, 11) is 0. The molecule has 3 aromatic carbocycles. The molecule has 6 heteroatoms. The average molecular weight is 423 g/mol. The van der Waals surface area contributed by atoms with E-state index in [-0.39, 0.29) is 17.9 Å². The maximum atomic E-state index is 12.6. The van der Waals surface area contributed by atoms with Crippen molar-refractivity contribution < 1.29 is 14.3 Å². The van der Waals surface area contributed by atoms with Crippen LogP contribution in [0, 0.1) is 0 Å². The number of halogens is 1. The monoisotopic (exact) mass is 422 g/mol. The highest BCUT2D eigenvalue weighted by atomic mass is 35.5. The molecule has 1 atom stereocenters. The Bertz CT molecular complexity index is 1030. The highest BCUT2D eigenvalue weighted by Gasteiger charge is 2.10. The van der Waals surface area contributed by atoms with E-state index >= 15 is 0 Å². The zero-order chi connectivity index (χ0) is 21.5. The highest BCUT2D eigenvalue weighted by Crippen LogP contribution is 2.19. The molecule has 154 valence electrons. The molecular weight excluding hydrogens is 400 g/mol. The number of benzene rings is 3. The first-order chi connectivity index (χ1) is 14.4. The van der Waals surface area contributed by atoms with E-state index in [9.17, 15) is 9.59 Å². The fraction of sp³-hybridized carbons (Fsp3) is 0.167. The van der Waals surface area contributed by atoms with Gasteiger partial charge in [-0.2, -0.15) is 0 Å². The van der Waals surface area contributed by atoms with Crippen molar-refractivity contribution in [3.8, 4) is 5.75 Å². The van der Waals surface area contributed by atoms with Crippen LogP contribution < -0.4 is 15.4 Å². The van der Waals surface area contributed by atoms with E-state index < -0.39 is 0 Å². The molecule has 0 aliphatic carbocycles. The third kappa shape index (κ3) is 5.84. The minimum Gasteiger partial charge on any atom is -0.491 e. The Hall–Kier alpha value is -3.31. The van der Waals surface area contributed by atoms with E-state index in [2.05, 4.69) is 10.6 Å². The summed E-state index contributed by atoms with van der Waals surface area (Å²) in [5, 5.41) is 6.15. The number of rotatable bonds is 7. The van der Waals surface area contributed by atoms with Gasteiger partial charge >= 0.3 is 0 Å². The molecule has 2 N–H and O–H groups in total. The van der Waals surface area contributed by atoms with Crippen LogP contribution in [0.2, 0.25) is 5.02 Å². The van der Waals surface area contributed by atoms with Crippen LogP contribution in [0.5, 0.6) is 5.75 Å². The second-order valence-electron chi connectivity index (χ2n) is 6.86. The van der Waals surface area contributed by atoms with Crippen molar-refractivity contribution in [3.63, 3.8) is 0 Å². The Labute approximate surface area is 181 Å². The van der Waals surface area contributed by atoms with Crippen LogP contribution >= 0.6 is 11.6 Å². The number of ether oxygens (including phenoxy) is 1. The molecule has 0 bridgehead atoms. The van der Waals surface area contributed by atoms with Crippen molar-refractivity contribution in [2.75, 3.05) is 10.6 Å². The average Bonchev–Trinajstić information content (AvgIpc) is 2.75. The lowest BCUT2D eigenvalue weighted by Gasteiger charge is -2.13. The summed E-state index contributed by atoms with van der Waals surface area (Å²) < 4.78 is 5.77. The van der Waals surface area contributed by atoms with Crippen molar-refractivity contribution in [1.29, 1.82) is 0 Å². The molecule has 0 aliphatic rings. The van der Waals surface area contributed by atoms with Crippen LogP contribution in [0.3, 0.4) is 0 Å². The molecule has 3 aromatic rings. The molecule has 0 aromatic heterocycles. The van der Waals surface area contributed by atoms with Gasteiger partial charge < -0.3 is 15.4 Å². The lowest BCUT2D eigenvalue weighted by Crippen LogP contribution is -2.14. The van der Waals surface area contributed by atoms with Gasteiger partial charge in [0.25, 0.3) is 11.8 Å². The summed E-state index contributed by atoms with van der Waals surface area (Å²) in [6.07, 6.45) is 0.967. The Kier molecular flexibility index (Phi) is 7.09. The Morgan fingerprint density at radius 3 is 1.93 bits per heavy atom. The quantitative estimate of drug-likeness (QED) is 0.489. The molecule has 2 amide bonds. The zero-order valence-electron chi connectivity index (χ0n) is 16.8. The first-order valence-electron chi connectivity index (χ1n) is 9.69. The van der Waals surface area contributed by atoms with Crippen molar-refractivity contribution in [2.24, 2.45) is 0 Å². The van der Waals surface area contributed by atoms with Gasteiger partial charge in [0.15, 0.2) is 0 Å². The Balaban J connectivity index is 1.62. The fourth-order valence-electron chi connectivity index (χ4n) is 2.70. The molecule has 0 radical (unpaired) electrons. The van der Waals surface area contributed by atoms with Gasteiger partial charge in [0, 0.05) is 27.5 Å². The number of nitrogens with one attached hydrogen (secondary N) is 2. The largest absolute Gasteiger partial charge is 0.491 e. The van der Waals surface area contributed by atoms with Crippen LogP contribution in [0.4, 0.5) is 11.4 Å². The second kappa shape index (κ2) is 9.94. The van der Waals surface area contributed by atoms with E-state index in [0.717, 1.165) is 6.42 Å². The minimum absolute atomic E-state index is 0.0815. The summed E-state index contributed by atoms with van der Waals surface area (Å²) in [5.41, 5.74) is 2.21. The molecule has 0 aliphatic heterocycles. The van der Waals surface area contributed by atoms with Gasteiger partial charge in [-0.3, -0.25) is 9.59 Å². The van der Waals surface area contributed by atoms with Gasteiger partial charge in [-0.15, -0.1) is 0 Å². The van der Waals surface area contributed by atoms with Crippen molar-refractivity contribution in [1.82, 2.24) is 0 Å². The van der Waals surface area contributed by atoms with Crippen LogP contribution in [-0.2, 0) is 0 Å². The van der Waals surface area contributed by atoms with Gasteiger partial charge in [-0.1, -0.05) is 30.7 Å². The van der Waals surface area contributed by atoms with Crippen LogP contribution in [0.15, 0.2) is 72.8 Å². The maximum absolute atomic E-state index is 12.6. The number of anilines is 2. The van der Waals surface area contributed by atoms with Gasteiger partial charge in [0.1, 0.15) is 5.75 Å². The number of carbonyl (C=O) groups excluding carboxylic acids is 2. The van der Waals surface area contributed by atoms with E-state index in [1.165, 1.54) is 0 Å². The summed E-state index contributed by atoms with van der Waals surface area (Å²) in [6, 6.07) is 20.7. The summed E-state index contributed by atoms with van der Waals surface area (Å²) in [4.78, 5) is 24.8. The van der Waals surface area contributed by atoms with Crippen molar-refractivity contribution in [3.05, 3.63) is 88.9 Å². The SMILES string of the molecule is CCC(C)Oc1cccc(C(=O)Nc2ccc(NC(=O)c3cccc(Cl)c3)cc2)c1. The van der Waals surface area contributed by atoms with Crippen LogP contribution in [-0.4, -0.2) is 17.9 Å². The smallest absolute Gasteiger partial charge is 0.255 e. The number of carbonyl (C=O) groups is 2. The van der Waals surface area contributed by atoms with E-state index in [0.29, 0.717) is 33.3 Å². The summed E-state index contributed by atoms with van der Waals surface area (Å²) in [6.45, 7) is 4.03. The Morgan fingerprint density at radius 1 is 0.867 bits per heavy atom. The van der Waals surface area contributed by atoms with E-state index in [1.807, 2.05) is 19.9 Å². The molecule has 1 unspecified atom stereocenters. The predicted molar refractivity (Wildman–Crippen MR) is 121 cm³/mol. The molecule has 0 saturated heterocycles. The minimum atomic E-state index is -0.257. The van der Waals surface area contributed by atoms with Gasteiger partial charge in [-0.05, 0) is 74.0 Å². The molecule has 5 nitrogen and oxygen atoms in total. The van der Waals surface area contributed by atoms with E-state index in [1.54, 1.807) is 66.7 Å². The normalized spacial score (nSPS) is 11.4. The lowest BCUT2D eigenvalue weighted by molar-refractivity contribution is 0.101. The third-order valence-electron chi connectivity index (χ3n) is 4.50. The van der Waals surface area contributed by atoms with E-state index in [4.69, 9.17) is 16.3 Å². The number of hydrogen-bond donors (Lipinski definition) is 2. The fourth-order valence-corrected chi connectivity index (χ4v) is 2.89. The van der Waals surface area contributed by atoms with Crippen LogP contribution in [0.25, 0.3) is 0 Å². The maximum Gasteiger partial charge on any atom is 0.255 e. The molecule has 0 spiro atoms. The van der Waals surface area contributed by atoms with Crippen molar-refractivity contribution in [2.45, 2.75) is 26.4 Å². The summed E-state index contributed by atoms with van der Waals surface area (Å²) in [5.74, 6) is 0.170. The first kappa shape index (κ1) is 21.4. The molecular formula is C24H23ClN2O3. The molecule has 0 saturated carbocycles. The van der Waals surface area contributed by atoms with Gasteiger partial charge in [0.2, 0.25) is 0 Å². The Morgan fingerprint density at radius 2 is 1.40 bits per heavy atom. The van der Waals surface area contributed by atoms with Gasteiger partial charge in [0.05, 0.1) is 6.10 Å². The number of amides is 2. The first-order valence-corrected chi connectivity index (χ1v) is 10.1. The molecule has 3 rings (SSSR count). The second-order valence-corrected chi connectivity index (χ2v) is 7.30. The van der Waals surface area contributed by atoms with Crippen molar-refractivity contribution >= 4 is 34.8 Å². The summed E-state index contributed by atoms with van der Waals surface area (Å²) >= 11 is 5.93. The lowest BCUT2D eigenvalue weighted by atomic mass is 10.2. The molecule has 0 fully saturated rings. The predicted octanol–water partition coefficient (Wildman–Crippen LogP) is 6.02. The highest BCUT2D eigenvalue weighted by molar-refractivity contribution is 6.31. The third-order valence-corrected chi connectivity index (χ3v) is 4.73. The number of hydrogen-bond acceptors (Lipinski definition) is 3. The molecule has 0 heterocycles. The zero-order valence-corrected chi connectivity index (χ0v) is 17.6. The topological polar surface area (TPSA) is 67.4 Å². The molecule has 30 heavy (non-hydrogen) atoms. The standard InChI is InChI=1S/C24H23ClN2O3/c1-3-16(2)30-22-9-5-7-18(15-22)24(29)27-21-12-10-20(11-13-21)26-23(28)17-6-4-8-19(25)14-17/h4-16H,3H2,1-2H3,(H,26,28)(H,27,29). The van der Waals surface area contributed by atoms with Crippen LogP contribution in [0.1, 0.15) is 41.0 Å².